The molecular weight excluding hydrogens is 326 g/mol. The quantitative estimate of drug-likeness (QED) is 0.608. The summed E-state index contributed by atoms with van der Waals surface area (Å²) in [5, 5.41) is 2.82. The molecule has 0 radical (unpaired) electrons. The molecule has 0 saturated carbocycles. The fourth-order valence-corrected chi connectivity index (χ4v) is 2.48. The Labute approximate surface area is 152 Å². The van der Waals surface area contributed by atoms with Crippen LogP contribution in [-0.2, 0) is 4.79 Å². The highest BCUT2D eigenvalue weighted by Gasteiger charge is 2.11. The zero-order chi connectivity index (χ0) is 18.2. The van der Waals surface area contributed by atoms with Crippen molar-refractivity contribution < 1.29 is 14.3 Å². The molecule has 0 saturated heterocycles. The van der Waals surface area contributed by atoms with Crippen LogP contribution >= 0.6 is 0 Å². The van der Waals surface area contributed by atoms with E-state index in [1.807, 2.05) is 60.7 Å². The minimum Gasteiger partial charge on any atom is -0.455 e. The topological polar surface area (TPSA) is 55.4 Å². The molecule has 0 fully saturated rings. The Morgan fingerprint density at radius 3 is 2.08 bits per heavy atom. The molecule has 0 unspecified atom stereocenters. The molecular formula is C22H19NO3. The number of para-hydroxylation sites is 3. The van der Waals surface area contributed by atoms with Gasteiger partial charge >= 0.3 is 0 Å². The van der Waals surface area contributed by atoms with Gasteiger partial charge in [0.25, 0.3) is 0 Å². The van der Waals surface area contributed by atoms with Crippen LogP contribution in [0.1, 0.15) is 23.2 Å². The van der Waals surface area contributed by atoms with Gasteiger partial charge in [-0.1, -0.05) is 60.7 Å². The summed E-state index contributed by atoms with van der Waals surface area (Å²) >= 11 is 0. The van der Waals surface area contributed by atoms with E-state index in [0.29, 0.717) is 22.7 Å². The smallest absolute Gasteiger partial charge is 0.224 e. The molecule has 130 valence electrons. The monoisotopic (exact) mass is 345 g/mol. The van der Waals surface area contributed by atoms with Gasteiger partial charge < -0.3 is 10.1 Å². The molecule has 0 aliphatic carbocycles. The average Bonchev–Trinajstić information content (AvgIpc) is 2.69. The van der Waals surface area contributed by atoms with Gasteiger partial charge in [-0.3, -0.25) is 9.59 Å². The number of benzene rings is 3. The van der Waals surface area contributed by atoms with Crippen LogP contribution in [0.3, 0.4) is 0 Å². The van der Waals surface area contributed by atoms with Gasteiger partial charge in [0.05, 0.1) is 5.69 Å². The average molecular weight is 345 g/mol. The second kappa shape index (κ2) is 8.62. The zero-order valence-corrected chi connectivity index (χ0v) is 14.2. The van der Waals surface area contributed by atoms with E-state index in [0.717, 1.165) is 0 Å². The van der Waals surface area contributed by atoms with Crippen LogP contribution < -0.4 is 10.1 Å². The Morgan fingerprint density at radius 2 is 1.35 bits per heavy atom. The molecule has 3 aromatic rings. The number of Topliss-reactive ketones (excluding diaryl/α,β-unsaturated/α-hetero) is 1. The number of anilines is 1. The van der Waals surface area contributed by atoms with Crippen LogP contribution in [0.25, 0.3) is 0 Å². The van der Waals surface area contributed by atoms with Gasteiger partial charge in [-0.15, -0.1) is 0 Å². The summed E-state index contributed by atoms with van der Waals surface area (Å²) in [5.74, 6) is 0.975. The lowest BCUT2D eigenvalue weighted by molar-refractivity contribution is -0.116. The molecule has 0 aromatic heterocycles. The first-order valence-electron chi connectivity index (χ1n) is 8.42. The molecule has 1 N–H and O–H groups in total. The number of hydrogen-bond acceptors (Lipinski definition) is 3. The highest BCUT2D eigenvalue weighted by atomic mass is 16.5. The Kier molecular flexibility index (Phi) is 5.78. The number of hydrogen-bond donors (Lipinski definition) is 1. The number of carbonyl (C=O) groups excluding carboxylic acids is 2. The molecule has 0 bridgehead atoms. The van der Waals surface area contributed by atoms with Crippen molar-refractivity contribution in [2.75, 3.05) is 5.32 Å². The molecule has 0 spiro atoms. The summed E-state index contributed by atoms with van der Waals surface area (Å²) in [5.41, 5.74) is 1.20. The molecule has 3 aromatic carbocycles. The third-order valence-corrected chi connectivity index (χ3v) is 3.81. The minimum atomic E-state index is -0.224. The van der Waals surface area contributed by atoms with Crippen molar-refractivity contribution in [2.24, 2.45) is 0 Å². The molecule has 4 nitrogen and oxygen atoms in total. The van der Waals surface area contributed by atoms with Gasteiger partial charge in [-0.05, 0) is 24.3 Å². The molecule has 0 aliphatic rings. The normalized spacial score (nSPS) is 10.2. The first-order chi connectivity index (χ1) is 12.7. The Bertz CT molecular complexity index is 876. The predicted molar refractivity (Wildman–Crippen MR) is 102 cm³/mol. The molecule has 0 heterocycles. The number of amides is 1. The lowest BCUT2D eigenvalue weighted by Crippen LogP contribution is -2.14. The molecule has 0 aliphatic heterocycles. The van der Waals surface area contributed by atoms with Gasteiger partial charge in [-0.25, -0.2) is 0 Å². The highest BCUT2D eigenvalue weighted by molar-refractivity contribution is 6.00. The largest absolute Gasteiger partial charge is 0.455 e. The summed E-state index contributed by atoms with van der Waals surface area (Å²) in [6.07, 6.45) is 0.283. The second-order valence-corrected chi connectivity index (χ2v) is 5.75. The SMILES string of the molecule is O=C(CCC(=O)c1ccccc1)Nc1ccccc1Oc1ccccc1. The van der Waals surface area contributed by atoms with Gasteiger partial charge in [-0.2, -0.15) is 0 Å². The highest BCUT2D eigenvalue weighted by Crippen LogP contribution is 2.29. The maximum absolute atomic E-state index is 12.2. The Balaban J connectivity index is 1.60. The number of carbonyl (C=O) groups is 2. The van der Waals surface area contributed by atoms with Crippen LogP contribution in [0.4, 0.5) is 5.69 Å². The Hall–Kier alpha value is -3.40. The van der Waals surface area contributed by atoms with Crippen LogP contribution in [0, 0.1) is 0 Å². The van der Waals surface area contributed by atoms with Crippen LogP contribution in [0.5, 0.6) is 11.5 Å². The van der Waals surface area contributed by atoms with Gasteiger partial charge in [0.15, 0.2) is 11.5 Å². The summed E-state index contributed by atoms with van der Waals surface area (Å²) in [4.78, 5) is 24.3. The summed E-state index contributed by atoms with van der Waals surface area (Å²) in [7, 11) is 0. The number of nitrogens with one attached hydrogen (secondary N) is 1. The number of ketones is 1. The maximum Gasteiger partial charge on any atom is 0.224 e. The lowest BCUT2D eigenvalue weighted by atomic mass is 10.1. The van der Waals surface area contributed by atoms with Gasteiger partial charge in [0.1, 0.15) is 5.75 Å². The van der Waals surface area contributed by atoms with E-state index >= 15 is 0 Å². The first-order valence-corrected chi connectivity index (χ1v) is 8.42. The molecule has 1 amide bonds. The van der Waals surface area contributed by atoms with Crippen molar-refractivity contribution in [2.45, 2.75) is 12.8 Å². The molecule has 0 atom stereocenters. The number of ether oxygens (including phenoxy) is 1. The minimum absolute atomic E-state index is 0.0467. The summed E-state index contributed by atoms with van der Waals surface area (Å²) in [6, 6.07) is 25.6. The van der Waals surface area contributed by atoms with Gasteiger partial charge in [0, 0.05) is 18.4 Å². The summed E-state index contributed by atoms with van der Waals surface area (Å²) < 4.78 is 5.82. The summed E-state index contributed by atoms with van der Waals surface area (Å²) in [6.45, 7) is 0. The Morgan fingerprint density at radius 1 is 0.731 bits per heavy atom. The van der Waals surface area contributed by atoms with Crippen molar-refractivity contribution in [3.8, 4) is 11.5 Å². The van der Waals surface area contributed by atoms with Crippen LogP contribution in [-0.4, -0.2) is 11.7 Å². The fraction of sp³-hybridized carbons (Fsp3) is 0.0909. The van der Waals surface area contributed by atoms with Crippen molar-refractivity contribution in [3.05, 3.63) is 90.5 Å². The van der Waals surface area contributed by atoms with E-state index < -0.39 is 0 Å². The first kappa shape index (κ1) is 17.4. The number of rotatable bonds is 7. The fourth-order valence-electron chi connectivity index (χ4n) is 2.48. The molecule has 26 heavy (non-hydrogen) atoms. The standard InChI is InChI=1S/C22H19NO3/c24-20(17-9-3-1-4-10-17)15-16-22(25)23-19-13-7-8-14-21(19)26-18-11-5-2-6-12-18/h1-14H,15-16H2,(H,23,25). The van der Waals surface area contributed by atoms with E-state index in [-0.39, 0.29) is 24.5 Å². The zero-order valence-electron chi connectivity index (χ0n) is 14.2. The van der Waals surface area contributed by atoms with E-state index in [1.54, 1.807) is 24.3 Å². The van der Waals surface area contributed by atoms with Gasteiger partial charge in [0.2, 0.25) is 5.91 Å². The van der Waals surface area contributed by atoms with Crippen molar-refractivity contribution in [1.82, 2.24) is 0 Å². The third-order valence-electron chi connectivity index (χ3n) is 3.81. The lowest BCUT2D eigenvalue weighted by Gasteiger charge is -2.12. The molecule has 4 heteroatoms. The maximum atomic E-state index is 12.2. The van der Waals surface area contributed by atoms with Crippen LogP contribution in [0.2, 0.25) is 0 Å². The van der Waals surface area contributed by atoms with Crippen molar-refractivity contribution in [1.29, 1.82) is 0 Å². The van der Waals surface area contributed by atoms with E-state index in [4.69, 9.17) is 4.74 Å². The predicted octanol–water partition coefficient (Wildman–Crippen LogP) is 5.08. The van der Waals surface area contributed by atoms with E-state index in [2.05, 4.69) is 5.32 Å². The van der Waals surface area contributed by atoms with Crippen molar-refractivity contribution in [3.63, 3.8) is 0 Å². The van der Waals surface area contributed by atoms with E-state index in [9.17, 15) is 9.59 Å². The molecule has 3 rings (SSSR count). The third kappa shape index (κ3) is 4.80. The van der Waals surface area contributed by atoms with E-state index in [1.165, 1.54) is 0 Å². The van der Waals surface area contributed by atoms with Crippen LogP contribution in [0.15, 0.2) is 84.9 Å². The van der Waals surface area contributed by atoms with Crippen molar-refractivity contribution >= 4 is 17.4 Å². The second-order valence-electron chi connectivity index (χ2n) is 5.75.